The summed E-state index contributed by atoms with van der Waals surface area (Å²) in [4.78, 5) is 12.7. The van der Waals surface area contributed by atoms with Crippen molar-refractivity contribution < 1.29 is 13.2 Å². The molecule has 0 bridgehead atoms. The summed E-state index contributed by atoms with van der Waals surface area (Å²) in [7, 11) is -3.16. The predicted molar refractivity (Wildman–Crippen MR) is 86.7 cm³/mol. The van der Waals surface area contributed by atoms with Crippen LogP contribution in [0.4, 0.5) is 4.79 Å². The van der Waals surface area contributed by atoms with Gasteiger partial charge in [-0.25, -0.2) is 13.2 Å². The van der Waals surface area contributed by atoms with Gasteiger partial charge in [-0.05, 0) is 49.1 Å². The van der Waals surface area contributed by atoms with Gasteiger partial charge >= 0.3 is 6.03 Å². The highest BCUT2D eigenvalue weighted by atomic mass is 32.2. The van der Waals surface area contributed by atoms with Crippen LogP contribution in [0, 0.1) is 11.3 Å². The number of carbonyl (C=O) groups is 1. The van der Waals surface area contributed by atoms with Crippen LogP contribution in [0.2, 0.25) is 0 Å². The standard InChI is InChI=1S/C15H22N2O3S2/c1-22(19,20)13-5-4-12(21-13)10-17-14(18)16-9-11-3-2-6-15(11)7-8-15/h4-5,11H,2-3,6-10H2,1H3,(H2,16,17,18)/t11-/m1/s1. The molecular formula is C15H22N2O3S2. The fraction of sp³-hybridized carbons (Fsp3) is 0.667. The molecule has 1 spiro atoms. The predicted octanol–water partition coefficient (Wildman–Crippen LogP) is 2.53. The van der Waals surface area contributed by atoms with E-state index in [2.05, 4.69) is 10.6 Å². The molecule has 7 heteroatoms. The zero-order chi connectivity index (χ0) is 15.8. The molecule has 5 nitrogen and oxygen atoms in total. The van der Waals surface area contributed by atoms with E-state index in [4.69, 9.17) is 0 Å². The first-order chi connectivity index (χ1) is 10.4. The van der Waals surface area contributed by atoms with Crippen molar-refractivity contribution in [2.45, 2.75) is 42.9 Å². The summed E-state index contributed by atoms with van der Waals surface area (Å²) in [6.45, 7) is 1.12. The lowest BCUT2D eigenvalue weighted by molar-refractivity contribution is 0.235. The van der Waals surface area contributed by atoms with Gasteiger partial charge in [-0.1, -0.05) is 6.42 Å². The molecule has 0 radical (unpaired) electrons. The van der Waals surface area contributed by atoms with Crippen molar-refractivity contribution in [2.24, 2.45) is 11.3 Å². The Morgan fingerprint density at radius 3 is 2.73 bits per heavy atom. The van der Waals surface area contributed by atoms with Crippen molar-refractivity contribution in [3.05, 3.63) is 17.0 Å². The first-order valence-electron chi connectivity index (χ1n) is 7.70. The molecule has 1 atom stereocenters. The number of rotatable bonds is 5. The fourth-order valence-corrected chi connectivity index (χ4v) is 5.36. The van der Waals surface area contributed by atoms with Crippen molar-refractivity contribution in [3.8, 4) is 0 Å². The fourth-order valence-electron chi connectivity index (χ4n) is 3.45. The second-order valence-electron chi connectivity index (χ2n) is 6.51. The average Bonchev–Trinajstić information content (AvgIpc) is 2.89. The van der Waals surface area contributed by atoms with Gasteiger partial charge in [-0.3, -0.25) is 0 Å². The highest BCUT2D eigenvalue weighted by Crippen LogP contribution is 2.60. The summed E-state index contributed by atoms with van der Waals surface area (Å²) >= 11 is 1.20. The van der Waals surface area contributed by atoms with Crippen LogP contribution in [0.1, 0.15) is 37.0 Å². The molecule has 22 heavy (non-hydrogen) atoms. The number of hydrogen-bond acceptors (Lipinski definition) is 4. The Morgan fingerprint density at radius 1 is 1.32 bits per heavy atom. The molecule has 2 saturated carbocycles. The van der Waals surface area contributed by atoms with Crippen molar-refractivity contribution in [1.29, 1.82) is 0 Å². The monoisotopic (exact) mass is 342 g/mol. The van der Waals surface area contributed by atoms with E-state index in [9.17, 15) is 13.2 Å². The molecule has 3 rings (SSSR count). The van der Waals surface area contributed by atoms with Crippen LogP contribution in [-0.2, 0) is 16.4 Å². The lowest BCUT2D eigenvalue weighted by Gasteiger charge is -2.18. The topological polar surface area (TPSA) is 75.3 Å². The number of sulfone groups is 1. The number of carbonyl (C=O) groups excluding carboxylic acids is 1. The normalized spacial score (nSPS) is 22.7. The zero-order valence-corrected chi connectivity index (χ0v) is 14.4. The molecule has 0 saturated heterocycles. The average molecular weight is 342 g/mol. The minimum Gasteiger partial charge on any atom is -0.338 e. The molecule has 0 unspecified atom stereocenters. The van der Waals surface area contributed by atoms with E-state index in [1.54, 1.807) is 12.1 Å². The first-order valence-corrected chi connectivity index (χ1v) is 10.4. The molecule has 2 aliphatic carbocycles. The number of urea groups is 1. The van der Waals surface area contributed by atoms with Crippen LogP contribution in [0.5, 0.6) is 0 Å². The van der Waals surface area contributed by atoms with E-state index in [1.807, 2.05) is 0 Å². The summed E-state index contributed by atoms with van der Waals surface area (Å²) < 4.78 is 23.2. The Bertz CT molecular complexity index is 662. The maximum absolute atomic E-state index is 11.9. The first kappa shape index (κ1) is 15.8. The van der Waals surface area contributed by atoms with E-state index < -0.39 is 9.84 Å². The van der Waals surface area contributed by atoms with E-state index in [-0.39, 0.29) is 6.03 Å². The van der Waals surface area contributed by atoms with Gasteiger partial charge in [-0.15, -0.1) is 11.3 Å². The third kappa shape index (κ3) is 3.46. The second-order valence-corrected chi connectivity index (χ2v) is 9.92. The van der Waals surface area contributed by atoms with E-state index in [1.165, 1.54) is 49.7 Å². The molecule has 122 valence electrons. The van der Waals surface area contributed by atoms with E-state index in [0.29, 0.717) is 22.1 Å². The number of thiophene rings is 1. The summed E-state index contributed by atoms with van der Waals surface area (Å²) in [5.74, 6) is 0.636. The van der Waals surface area contributed by atoms with E-state index in [0.717, 1.165) is 11.4 Å². The Kier molecular flexibility index (Phi) is 4.20. The summed E-state index contributed by atoms with van der Waals surface area (Å²) in [5, 5.41) is 5.76. The Morgan fingerprint density at radius 2 is 2.09 bits per heavy atom. The number of hydrogen-bond donors (Lipinski definition) is 2. The minimum absolute atomic E-state index is 0.169. The Hall–Kier alpha value is -1.08. The van der Waals surface area contributed by atoms with Crippen LogP contribution in [0.25, 0.3) is 0 Å². The third-order valence-corrected chi connectivity index (χ3v) is 7.83. The van der Waals surface area contributed by atoms with Gasteiger partial charge in [0.15, 0.2) is 9.84 Å². The van der Waals surface area contributed by atoms with Crippen LogP contribution in [0.3, 0.4) is 0 Å². The minimum atomic E-state index is -3.16. The molecule has 2 N–H and O–H groups in total. The van der Waals surface area contributed by atoms with Crippen LogP contribution >= 0.6 is 11.3 Å². The third-order valence-electron chi connectivity index (χ3n) is 4.92. The highest BCUT2D eigenvalue weighted by Gasteiger charge is 2.51. The smallest absolute Gasteiger partial charge is 0.315 e. The van der Waals surface area contributed by atoms with Gasteiger partial charge in [0.1, 0.15) is 4.21 Å². The molecule has 2 aliphatic rings. The van der Waals surface area contributed by atoms with Crippen molar-refractivity contribution in [2.75, 3.05) is 12.8 Å². The summed E-state index contributed by atoms with van der Waals surface area (Å²) in [5.41, 5.74) is 0.547. The SMILES string of the molecule is CS(=O)(=O)c1ccc(CNC(=O)NC[C@H]2CCCC23CC3)s1. The molecule has 1 aromatic heterocycles. The maximum Gasteiger partial charge on any atom is 0.315 e. The maximum atomic E-state index is 11.9. The molecule has 1 aromatic rings. The molecule has 1 heterocycles. The number of amides is 2. The largest absolute Gasteiger partial charge is 0.338 e. The van der Waals surface area contributed by atoms with Gasteiger partial charge in [-0.2, -0.15) is 0 Å². The van der Waals surface area contributed by atoms with Gasteiger partial charge in [0.2, 0.25) is 0 Å². The van der Waals surface area contributed by atoms with Crippen molar-refractivity contribution in [1.82, 2.24) is 10.6 Å². The van der Waals surface area contributed by atoms with Crippen LogP contribution < -0.4 is 10.6 Å². The quantitative estimate of drug-likeness (QED) is 0.863. The lowest BCUT2D eigenvalue weighted by atomic mass is 9.93. The molecule has 2 fully saturated rings. The molecule has 0 aromatic carbocycles. The zero-order valence-electron chi connectivity index (χ0n) is 12.7. The summed E-state index contributed by atoms with van der Waals surface area (Å²) in [6, 6.07) is 3.17. The van der Waals surface area contributed by atoms with Gasteiger partial charge in [0.25, 0.3) is 0 Å². The second kappa shape index (κ2) is 5.85. The van der Waals surface area contributed by atoms with Gasteiger partial charge < -0.3 is 10.6 Å². The van der Waals surface area contributed by atoms with Crippen LogP contribution in [-0.4, -0.2) is 27.2 Å². The van der Waals surface area contributed by atoms with Crippen molar-refractivity contribution >= 4 is 27.2 Å². The lowest BCUT2D eigenvalue weighted by Crippen LogP contribution is -2.38. The van der Waals surface area contributed by atoms with Gasteiger partial charge in [0.05, 0.1) is 6.54 Å². The Balaban J connectivity index is 1.43. The van der Waals surface area contributed by atoms with Crippen LogP contribution in [0.15, 0.2) is 16.3 Å². The molecule has 2 amide bonds. The molecular weight excluding hydrogens is 320 g/mol. The Labute approximate surface area is 135 Å². The number of nitrogens with one attached hydrogen (secondary N) is 2. The van der Waals surface area contributed by atoms with E-state index >= 15 is 0 Å². The summed E-state index contributed by atoms with van der Waals surface area (Å²) in [6.07, 6.45) is 7.68. The highest BCUT2D eigenvalue weighted by molar-refractivity contribution is 7.92. The van der Waals surface area contributed by atoms with Crippen molar-refractivity contribution in [3.63, 3.8) is 0 Å². The van der Waals surface area contributed by atoms with Gasteiger partial charge in [0, 0.05) is 17.7 Å². The molecule has 0 aliphatic heterocycles.